The molecule has 0 bridgehead atoms. The molecule has 17 heavy (non-hydrogen) atoms. The van der Waals surface area contributed by atoms with Gasteiger partial charge >= 0.3 is 0 Å². The average molecular weight is 228 g/mol. The molecule has 5 N–H and O–H groups in total. The number of hydrogen-bond acceptors (Lipinski definition) is 4. The minimum atomic E-state index is -0.213. The number of phenolic OH excluding ortho intramolecular Hbond substituents is 1. The molecule has 2 aromatic rings. The van der Waals surface area contributed by atoms with Crippen LogP contribution < -0.4 is 11.5 Å². The number of anilines is 2. The first-order chi connectivity index (χ1) is 8.09. The summed E-state index contributed by atoms with van der Waals surface area (Å²) in [6, 6.07) is 10.9. The lowest BCUT2D eigenvalue weighted by atomic mass is 10.0. The van der Waals surface area contributed by atoms with Crippen molar-refractivity contribution in [2.45, 2.75) is 0 Å². The number of hydrogen-bond donors (Lipinski definition) is 3. The molecule has 0 aliphatic carbocycles. The molecule has 0 atom stereocenters. The van der Waals surface area contributed by atoms with Crippen LogP contribution in [0, 0.1) is 0 Å². The van der Waals surface area contributed by atoms with Crippen molar-refractivity contribution in [1.29, 1.82) is 0 Å². The van der Waals surface area contributed by atoms with E-state index in [1.807, 2.05) is 0 Å². The van der Waals surface area contributed by atoms with E-state index in [4.69, 9.17) is 16.6 Å². The van der Waals surface area contributed by atoms with Crippen LogP contribution in [0.25, 0.3) is 0 Å². The van der Waals surface area contributed by atoms with Crippen molar-refractivity contribution in [3.8, 4) is 5.75 Å². The molecule has 0 amide bonds. The Morgan fingerprint density at radius 3 is 2.29 bits per heavy atom. The number of nitrogens with two attached hydrogens (primary N) is 2. The molecule has 0 radical (unpaired) electrons. The third-order valence-electron chi connectivity index (χ3n) is 2.51. The topological polar surface area (TPSA) is 89.3 Å². The summed E-state index contributed by atoms with van der Waals surface area (Å²) in [5, 5.41) is 9.15. The maximum absolute atomic E-state index is 12.1. The van der Waals surface area contributed by atoms with Gasteiger partial charge in [-0.3, -0.25) is 4.79 Å². The van der Waals surface area contributed by atoms with Gasteiger partial charge in [0.15, 0.2) is 5.78 Å². The Hall–Kier alpha value is -2.49. The monoisotopic (exact) mass is 228 g/mol. The first-order valence-electron chi connectivity index (χ1n) is 5.07. The number of nitrogen functional groups attached to an aromatic ring is 2. The molecular weight excluding hydrogens is 216 g/mol. The SMILES string of the molecule is Nc1cccc(C(=O)c2ccc(O)cc2)c1N. The van der Waals surface area contributed by atoms with Crippen molar-refractivity contribution in [3.63, 3.8) is 0 Å². The highest BCUT2D eigenvalue weighted by Gasteiger charge is 2.13. The molecular formula is C13H12N2O2. The fourth-order valence-corrected chi connectivity index (χ4v) is 1.55. The zero-order chi connectivity index (χ0) is 12.4. The van der Waals surface area contributed by atoms with E-state index in [1.54, 1.807) is 30.3 Å². The van der Waals surface area contributed by atoms with Crippen molar-refractivity contribution in [3.05, 3.63) is 53.6 Å². The number of ketones is 1. The first-order valence-corrected chi connectivity index (χ1v) is 5.07. The van der Waals surface area contributed by atoms with Crippen molar-refractivity contribution < 1.29 is 9.90 Å². The van der Waals surface area contributed by atoms with Gasteiger partial charge in [0.25, 0.3) is 0 Å². The highest BCUT2D eigenvalue weighted by Crippen LogP contribution is 2.23. The van der Waals surface area contributed by atoms with Gasteiger partial charge in [0.1, 0.15) is 5.75 Å². The second kappa shape index (κ2) is 4.17. The van der Waals surface area contributed by atoms with Gasteiger partial charge in [-0.2, -0.15) is 0 Å². The minimum Gasteiger partial charge on any atom is -0.508 e. The predicted molar refractivity (Wildman–Crippen MR) is 66.8 cm³/mol. The Kier molecular flexibility index (Phi) is 2.70. The Morgan fingerprint density at radius 2 is 1.65 bits per heavy atom. The second-order valence-corrected chi connectivity index (χ2v) is 3.68. The fraction of sp³-hybridized carbons (Fsp3) is 0. The summed E-state index contributed by atoms with van der Waals surface area (Å²) >= 11 is 0. The summed E-state index contributed by atoms with van der Waals surface area (Å²) in [6.45, 7) is 0. The van der Waals surface area contributed by atoms with Gasteiger partial charge in [-0.15, -0.1) is 0 Å². The van der Waals surface area contributed by atoms with Gasteiger partial charge in [-0.1, -0.05) is 6.07 Å². The molecule has 4 nitrogen and oxygen atoms in total. The quantitative estimate of drug-likeness (QED) is 0.540. The van der Waals surface area contributed by atoms with Gasteiger partial charge in [-0.25, -0.2) is 0 Å². The molecule has 2 aromatic carbocycles. The van der Waals surface area contributed by atoms with E-state index >= 15 is 0 Å². The molecule has 0 aliphatic rings. The number of phenols is 1. The van der Waals surface area contributed by atoms with Crippen LogP contribution in [-0.2, 0) is 0 Å². The Labute approximate surface area is 98.5 Å². The highest BCUT2D eigenvalue weighted by atomic mass is 16.3. The lowest BCUT2D eigenvalue weighted by Gasteiger charge is -2.07. The van der Waals surface area contributed by atoms with E-state index in [0.717, 1.165) is 0 Å². The van der Waals surface area contributed by atoms with Crippen LogP contribution in [0.2, 0.25) is 0 Å². The van der Waals surface area contributed by atoms with Gasteiger partial charge in [0, 0.05) is 11.1 Å². The van der Waals surface area contributed by atoms with E-state index in [2.05, 4.69) is 0 Å². The lowest BCUT2D eigenvalue weighted by molar-refractivity contribution is 0.103. The standard InChI is InChI=1S/C13H12N2O2/c14-11-3-1-2-10(12(11)15)13(17)8-4-6-9(16)7-5-8/h1-7,16H,14-15H2. The van der Waals surface area contributed by atoms with Gasteiger partial charge in [-0.05, 0) is 36.4 Å². The van der Waals surface area contributed by atoms with Crippen LogP contribution in [0.4, 0.5) is 11.4 Å². The molecule has 0 spiro atoms. The summed E-state index contributed by atoms with van der Waals surface area (Å²) in [5.41, 5.74) is 12.9. The number of para-hydroxylation sites is 1. The van der Waals surface area contributed by atoms with E-state index in [9.17, 15) is 4.79 Å². The van der Waals surface area contributed by atoms with Crippen molar-refractivity contribution in [2.24, 2.45) is 0 Å². The summed E-state index contributed by atoms with van der Waals surface area (Å²) in [7, 11) is 0. The van der Waals surface area contributed by atoms with E-state index in [1.165, 1.54) is 12.1 Å². The lowest BCUT2D eigenvalue weighted by Crippen LogP contribution is -2.07. The zero-order valence-corrected chi connectivity index (χ0v) is 9.05. The van der Waals surface area contributed by atoms with Crippen molar-refractivity contribution in [1.82, 2.24) is 0 Å². The maximum atomic E-state index is 12.1. The van der Waals surface area contributed by atoms with Crippen LogP contribution in [0.1, 0.15) is 15.9 Å². The normalized spacial score (nSPS) is 10.1. The van der Waals surface area contributed by atoms with Gasteiger partial charge in [0.2, 0.25) is 0 Å². The van der Waals surface area contributed by atoms with E-state index < -0.39 is 0 Å². The zero-order valence-electron chi connectivity index (χ0n) is 9.05. The molecule has 0 aliphatic heterocycles. The highest BCUT2D eigenvalue weighted by molar-refractivity contribution is 6.13. The molecule has 0 saturated carbocycles. The van der Waals surface area contributed by atoms with Gasteiger partial charge in [0.05, 0.1) is 11.4 Å². The number of carbonyl (C=O) groups excluding carboxylic acids is 1. The maximum Gasteiger partial charge on any atom is 0.195 e. The van der Waals surface area contributed by atoms with Crippen LogP contribution in [0.3, 0.4) is 0 Å². The van der Waals surface area contributed by atoms with Gasteiger partial charge < -0.3 is 16.6 Å². The van der Waals surface area contributed by atoms with Crippen LogP contribution >= 0.6 is 0 Å². The summed E-state index contributed by atoms with van der Waals surface area (Å²) in [4.78, 5) is 12.1. The van der Waals surface area contributed by atoms with E-state index in [0.29, 0.717) is 16.8 Å². The Morgan fingerprint density at radius 1 is 1.00 bits per heavy atom. The third kappa shape index (κ3) is 2.06. The first kappa shape index (κ1) is 11.0. The predicted octanol–water partition coefficient (Wildman–Crippen LogP) is 1.79. The number of benzene rings is 2. The molecule has 0 saturated heterocycles. The molecule has 4 heteroatoms. The second-order valence-electron chi connectivity index (χ2n) is 3.68. The Balaban J connectivity index is 2.44. The molecule has 0 aromatic heterocycles. The Bertz CT molecular complexity index is 562. The number of aromatic hydroxyl groups is 1. The summed E-state index contributed by atoms with van der Waals surface area (Å²) in [5.74, 6) is -0.100. The largest absolute Gasteiger partial charge is 0.508 e. The molecule has 0 unspecified atom stereocenters. The van der Waals surface area contributed by atoms with Crippen molar-refractivity contribution in [2.75, 3.05) is 11.5 Å². The van der Waals surface area contributed by atoms with Crippen LogP contribution in [0.15, 0.2) is 42.5 Å². The smallest absolute Gasteiger partial charge is 0.195 e. The summed E-state index contributed by atoms with van der Waals surface area (Å²) in [6.07, 6.45) is 0. The summed E-state index contributed by atoms with van der Waals surface area (Å²) < 4.78 is 0. The number of carbonyl (C=O) groups is 1. The van der Waals surface area contributed by atoms with Crippen LogP contribution in [0.5, 0.6) is 5.75 Å². The molecule has 0 fully saturated rings. The molecule has 86 valence electrons. The number of rotatable bonds is 2. The average Bonchev–Trinajstić information content (AvgIpc) is 2.33. The minimum absolute atomic E-state index is 0.113. The van der Waals surface area contributed by atoms with Crippen LogP contribution in [-0.4, -0.2) is 10.9 Å². The molecule has 0 heterocycles. The van der Waals surface area contributed by atoms with E-state index in [-0.39, 0.29) is 17.2 Å². The fourth-order valence-electron chi connectivity index (χ4n) is 1.55. The molecule has 2 rings (SSSR count). The van der Waals surface area contributed by atoms with Crippen molar-refractivity contribution >= 4 is 17.2 Å². The third-order valence-corrected chi connectivity index (χ3v) is 2.51.